The Morgan fingerprint density at radius 1 is 0.833 bits per heavy atom. The van der Waals surface area contributed by atoms with Gasteiger partial charge in [-0.05, 0) is 43.2 Å². The Kier molecular flexibility index (Phi) is 9.63. The number of pyridine rings is 1. The molecule has 1 aromatic rings. The van der Waals surface area contributed by atoms with Gasteiger partial charge in [-0.25, -0.2) is 0 Å². The van der Waals surface area contributed by atoms with Gasteiger partial charge in [0.25, 0.3) is 0 Å². The molecule has 0 bridgehead atoms. The molecule has 0 unspecified atom stereocenters. The third-order valence-corrected chi connectivity index (χ3v) is 3.67. The molecule has 0 fully saturated rings. The van der Waals surface area contributed by atoms with E-state index in [-0.39, 0.29) is 0 Å². The molecule has 0 radical (unpaired) electrons. The summed E-state index contributed by atoms with van der Waals surface area (Å²) in [7, 11) is 0. The van der Waals surface area contributed by atoms with Gasteiger partial charge in [-0.1, -0.05) is 47.6 Å². The minimum absolute atomic E-state index is 0.635. The van der Waals surface area contributed by atoms with E-state index in [4.69, 9.17) is 0 Å². The van der Waals surface area contributed by atoms with E-state index >= 15 is 0 Å². The maximum absolute atomic E-state index is 4.64. The molecule has 1 nitrogen and oxygen atoms in total. The van der Waals surface area contributed by atoms with E-state index in [2.05, 4.69) is 51.0 Å². The lowest BCUT2D eigenvalue weighted by molar-refractivity contribution is 0.613. The van der Waals surface area contributed by atoms with Crippen molar-refractivity contribution in [3.05, 3.63) is 29.6 Å². The largest absolute Gasteiger partial charge is 0.261 e. The van der Waals surface area contributed by atoms with Gasteiger partial charge in [0.05, 0.1) is 0 Å². The Morgan fingerprint density at radius 2 is 1.33 bits per heavy atom. The first-order chi connectivity index (χ1) is 8.76. The zero-order chi connectivity index (χ0) is 14.0. The lowest BCUT2D eigenvalue weighted by atomic mass is 9.93. The molecule has 0 saturated heterocycles. The third-order valence-electron chi connectivity index (χ3n) is 3.67. The summed E-state index contributed by atoms with van der Waals surface area (Å²) in [4.78, 5) is 4.64. The fourth-order valence-electron chi connectivity index (χ4n) is 2.37. The third kappa shape index (κ3) is 4.80. The molecule has 18 heavy (non-hydrogen) atoms. The molecule has 1 rings (SSSR count). The first kappa shape index (κ1) is 17.2. The van der Waals surface area contributed by atoms with Crippen molar-refractivity contribution in [1.82, 2.24) is 4.98 Å². The SMILES string of the molecule is CC.CCC(CC)c1ccc(C(CC)CC)nc1. The highest BCUT2D eigenvalue weighted by Gasteiger charge is 2.10. The molecule has 0 amide bonds. The molecule has 104 valence electrons. The van der Waals surface area contributed by atoms with Gasteiger partial charge in [0, 0.05) is 17.8 Å². The minimum Gasteiger partial charge on any atom is -0.261 e. The Bertz CT molecular complexity index is 250. The van der Waals surface area contributed by atoms with Crippen LogP contribution in [-0.2, 0) is 0 Å². The average molecular weight is 249 g/mol. The molecule has 0 saturated carbocycles. The van der Waals surface area contributed by atoms with Crippen LogP contribution in [0.25, 0.3) is 0 Å². The second-order valence-electron chi connectivity index (χ2n) is 4.54. The van der Waals surface area contributed by atoms with Crippen molar-refractivity contribution in [3.63, 3.8) is 0 Å². The van der Waals surface area contributed by atoms with Crippen LogP contribution in [0.4, 0.5) is 0 Å². The zero-order valence-electron chi connectivity index (χ0n) is 13.2. The summed E-state index contributed by atoms with van der Waals surface area (Å²) in [5.74, 6) is 1.32. The topological polar surface area (TPSA) is 12.9 Å². The van der Waals surface area contributed by atoms with Gasteiger partial charge < -0.3 is 0 Å². The van der Waals surface area contributed by atoms with Crippen LogP contribution in [0, 0.1) is 0 Å². The highest BCUT2D eigenvalue weighted by Crippen LogP contribution is 2.25. The quantitative estimate of drug-likeness (QED) is 0.610. The molecule has 1 aromatic heterocycles. The predicted octanol–water partition coefficient (Wildman–Crippen LogP) is 5.92. The van der Waals surface area contributed by atoms with E-state index in [0.29, 0.717) is 11.8 Å². The molecule has 0 spiro atoms. The number of nitrogens with zero attached hydrogens (tertiary/aromatic N) is 1. The molecule has 0 aliphatic carbocycles. The Balaban J connectivity index is 0.00000137. The maximum atomic E-state index is 4.64. The fourth-order valence-corrected chi connectivity index (χ4v) is 2.37. The van der Waals surface area contributed by atoms with Crippen LogP contribution < -0.4 is 0 Å². The van der Waals surface area contributed by atoms with E-state index in [9.17, 15) is 0 Å². The average Bonchev–Trinajstić information content (AvgIpc) is 2.45. The van der Waals surface area contributed by atoms with Crippen LogP contribution in [0.1, 0.15) is 90.3 Å². The normalized spacial score (nSPS) is 10.4. The van der Waals surface area contributed by atoms with Crippen LogP contribution in [-0.4, -0.2) is 4.98 Å². The van der Waals surface area contributed by atoms with Crippen molar-refractivity contribution in [3.8, 4) is 0 Å². The standard InChI is InChI=1S/C15H25N.C2H6/c1-5-12(6-2)14-9-10-15(16-11-14)13(7-3)8-4;1-2/h9-13H,5-8H2,1-4H3;1-2H3. The summed E-state index contributed by atoms with van der Waals surface area (Å²) in [6.07, 6.45) is 6.89. The van der Waals surface area contributed by atoms with Crippen LogP contribution >= 0.6 is 0 Å². The summed E-state index contributed by atoms with van der Waals surface area (Å²) < 4.78 is 0. The Morgan fingerprint density at radius 3 is 1.67 bits per heavy atom. The highest BCUT2D eigenvalue weighted by atomic mass is 14.7. The molecule has 0 aliphatic heterocycles. The lowest BCUT2D eigenvalue weighted by Crippen LogP contribution is -2.01. The number of rotatable bonds is 6. The van der Waals surface area contributed by atoms with E-state index < -0.39 is 0 Å². The van der Waals surface area contributed by atoms with Gasteiger partial charge in [0.2, 0.25) is 0 Å². The first-order valence-corrected chi connectivity index (χ1v) is 7.72. The van der Waals surface area contributed by atoms with E-state index in [1.807, 2.05) is 13.8 Å². The molecule has 0 N–H and O–H groups in total. The molecular weight excluding hydrogens is 218 g/mol. The summed E-state index contributed by atoms with van der Waals surface area (Å²) in [6, 6.07) is 4.50. The monoisotopic (exact) mass is 249 g/mol. The van der Waals surface area contributed by atoms with E-state index in [1.54, 1.807) is 0 Å². The molecule has 0 aliphatic rings. The molecule has 0 atom stereocenters. The Hall–Kier alpha value is -0.850. The van der Waals surface area contributed by atoms with Gasteiger partial charge in [0.15, 0.2) is 0 Å². The summed E-state index contributed by atoms with van der Waals surface area (Å²) in [5, 5.41) is 0. The second-order valence-corrected chi connectivity index (χ2v) is 4.54. The van der Waals surface area contributed by atoms with Gasteiger partial charge in [-0.3, -0.25) is 4.98 Å². The van der Waals surface area contributed by atoms with Gasteiger partial charge in [-0.15, -0.1) is 0 Å². The van der Waals surface area contributed by atoms with E-state index in [0.717, 1.165) is 0 Å². The zero-order valence-corrected chi connectivity index (χ0v) is 13.2. The second kappa shape index (κ2) is 10.1. The number of hydrogen-bond donors (Lipinski definition) is 0. The van der Waals surface area contributed by atoms with Crippen molar-refractivity contribution in [2.24, 2.45) is 0 Å². The van der Waals surface area contributed by atoms with Crippen molar-refractivity contribution in [1.29, 1.82) is 0 Å². The lowest BCUT2D eigenvalue weighted by Gasteiger charge is -2.15. The summed E-state index contributed by atoms with van der Waals surface area (Å²) >= 11 is 0. The van der Waals surface area contributed by atoms with Crippen LogP contribution in [0.15, 0.2) is 18.3 Å². The molecular formula is C17H31N. The van der Waals surface area contributed by atoms with Gasteiger partial charge in [-0.2, -0.15) is 0 Å². The first-order valence-electron chi connectivity index (χ1n) is 7.72. The Labute approximate surface area is 114 Å². The van der Waals surface area contributed by atoms with Crippen LogP contribution in [0.3, 0.4) is 0 Å². The van der Waals surface area contributed by atoms with Crippen LogP contribution in [0.5, 0.6) is 0 Å². The van der Waals surface area contributed by atoms with Crippen LogP contribution in [0.2, 0.25) is 0 Å². The molecule has 1 heteroatoms. The smallest absolute Gasteiger partial charge is 0.0434 e. The van der Waals surface area contributed by atoms with E-state index in [1.165, 1.54) is 36.9 Å². The maximum Gasteiger partial charge on any atom is 0.0434 e. The molecule has 1 heterocycles. The van der Waals surface area contributed by atoms with Gasteiger partial charge >= 0.3 is 0 Å². The fraction of sp³-hybridized carbons (Fsp3) is 0.706. The minimum atomic E-state index is 0.635. The predicted molar refractivity (Wildman–Crippen MR) is 82.2 cm³/mol. The number of hydrogen-bond acceptors (Lipinski definition) is 1. The highest BCUT2D eigenvalue weighted by molar-refractivity contribution is 5.20. The van der Waals surface area contributed by atoms with Crippen molar-refractivity contribution >= 4 is 0 Å². The summed E-state index contributed by atoms with van der Waals surface area (Å²) in [5.41, 5.74) is 2.67. The van der Waals surface area contributed by atoms with Crippen molar-refractivity contribution < 1.29 is 0 Å². The summed E-state index contributed by atoms with van der Waals surface area (Å²) in [6.45, 7) is 13.0. The molecule has 0 aromatic carbocycles. The number of aromatic nitrogens is 1. The van der Waals surface area contributed by atoms with Crippen molar-refractivity contribution in [2.75, 3.05) is 0 Å². The van der Waals surface area contributed by atoms with Crippen molar-refractivity contribution in [2.45, 2.75) is 79.1 Å². The van der Waals surface area contributed by atoms with Gasteiger partial charge in [0.1, 0.15) is 0 Å².